The summed E-state index contributed by atoms with van der Waals surface area (Å²) in [6.07, 6.45) is 0. The van der Waals surface area contributed by atoms with Gasteiger partial charge in [0.05, 0.1) is 7.05 Å². The van der Waals surface area contributed by atoms with Gasteiger partial charge in [0.2, 0.25) is 5.78 Å². The van der Waals surface area contributed by atoms with E-state index < -0.39 is 7.05 Å². The summed E-state index contributed by atoms with van der Waals surface area (Å²) < 4.78 is 0. The number of carbonyl (C=O) groups excluding carboxylic acids is 1. The van der Waals surface area contributed by atoms with Gasteiger partial charge in [-0.1, -0.05) is 152 Å². The van der Waals surface area contributed by atoms with Crippen LogP contribution in [0.3, 0.4) is 0 Å². The maximum Gasteiger partial charge on any atom is 0.213 e. The standard InChI is InChI=1S/C32H25N2OP/c35-32(27-18-8-2-9-19-27)31(26-16-6-1-7-17-26)33-34-36(28-20-10-3-11-21-28,29-22-12-4-13-23-29)30-24-14-5-15-25-30/h1-25H/b33-31-. The molecule has 0 heterocycles. The first-order valence-corrected chi connectivity index (χ1v) is 13.5. The minimum atomic E-state index is -2.57. The molecule has 5 aromatic carbocycles. The molecule has 0 saturated carbocycles. The summed E-state index contributed by atoms with van der Waals surface area (Å²) in [4.78, 5) is 18.9. The molecule has 174 valence electrons. The highest BCUT2D eigenvalue weighted by atomic mass is 31.2. The Hall–Kier alpha value is -4.33. The van der Waals surface area contributed by atoms with E-state index in [1.165, 1.54) is 0 Å². The van der Waals surface area contributed by atoms with Crippen LogP contribution in [0.15, 0.2) is 162 Å². The van der Waals surface area contributed by atoms with Crippen LogP contribution in [0.4, 0.5) is 0 Å². The van der Waals surface area contributed by atoms with Crippen LogP contribution in [-0.4, -0.2) is 11.5 Å². The summed E-state index contributed by atoms with van der Waals surface area (Å²) in [6.45, 7) is 0. The number of carbonyl (C=O) groups is 1. The zero-order valence-corrected chi connectivity index (χ0v) is 20.6. The molecule has 0 spiro atoms. The second-order valence-electron chi connectivity index (χ2n) is 8.24. The first-order chi connectivity index (χ1) is 17.8. The van der Waals surface area contributed by atoms with Gasteiger partial charge in [-0.25, -0.2) is 0 Å². The van der Waals surface area contributed by atoms with Gasteiger partial charge in [0.15, 0.2) is 0 Å². The molecule has 4 heteroatoms. The van der Waals surface area contributed by atoms with Crippen LogP contribution in [0.2, 0.25) is 0 Å². The van der Waals surface area contributed by atoms with Crippen LogP contribution in [-0.2, 0) is 0 Å². The third-order valence-corrected chi connectivity index (χ3v) is 9.46. The summed E-state index contributed by atoms with van der Waals surface area (Å²) in [7, 11) is -2.57. The Bertz CT molecular complexity index is 1410. The number of nitrogens with zero attached hydrogens (tertiary/aromatic N) is 2. The second kappa shape index (κ2) is 10.9. The molecule has 0 N–H and O–H groups in total. The van der Waals surface area contributed by atoms with Crippen LogP contribution in [0.5, 0.6) is 0 Å². The summed E-state index contributed by atoms with van der Waals surface area (Å²) >= 11 is 0. The van der Waals surface area contributed by atoms with Crippen LogP contribution >= 0.6 is 7.05 Å². The van der Waals surface area contributed by atoms with Crippen molar-refractivity contribution < 1.29 is 4.79 Å². The van der Waals surface area contributed by atoms with E-state index in [1.807, 2.05) is 115 Å². The zero-order valence-electron chi connectivity index (χ0n) is 19.7. The normalized spacial score (nSPS) is 11.6. The molecule has 0 aromatic heterocycles. The van der Waals surface area contributed by atoms with Gasteiger partial charge in [-0.05, 0) is 0 Å². The van der Waals surface area contributed by atoms with Crippen LogP contribution in [0.25, 0.3) is 0 Å². The second-order valence-corrected chi connectivity index (χ2v) is 11.2. The fourth-order valence-corrected chi connectivity index (χ4v) is 7.44. The van der Waals surface area contributed by atoms with Crippen molar-refractivity contribution in [3.8, 4) is 0 Å². The van der Waals surface area contributed by atoms with Gasteiger partial charge in [0.1, 0.15) is 5.71 Å². The van der Waals surface area contributed by atoms with E-state index in [9.17, 15) is 4.79 Å². The van der Waals surface area contributed by atoms with Crippen molar-refractivity contribution in [2.75, 3.05) is 0 Å². The van der Waals surface area contributed by atoms with E-state index in [0.717, 1.165) is 21.5 Å². The Morgan fingerprint density at radius 1 is 0.444 bits per heavy atom. The highest BCUT2D eigenvalue weighted by Crippen LogP contribution is 2.46. The molecule has 0 radical (unpaired) electrons. The average molecular weight is 485 g/mol. The predicted molar refractivity (Wildman–Crippen MR) is 151 cm³/mol. The molecule has 0 unspecified atom stereocenters. The Balaban J connectivity index is 1.84. The molecule has 0 bridgehead atoms. The zero-order chi connectivity index (χ0) is 24.6. The summed E-state index contributed by atoms with van der Waals surface area (Å²) in [5, 5.41) is 8.04. The van der Waals surface area contributed by atoms with E-state index in [2.05, 4.69) is 36.4 Å². The van der Waals surface area contributed by atoms with Gasteiger partial charge in [0, 0.05) is 27.0 Å². The maximum absolute atomic E-state index is 13.7. The smallest absolute Gasteiger partial charge is 0.213 e. The van der Waals surface area contributed by atoms with E-state index in [-0.39, 0.29) is 5.78 Å². The third-order valence-electron chi connectivity index (χ3n) is 5.97. The number of hydrogen-bond acceptors (Lipinski definition) is 2. The molecule has 36 heavy (non-hydrogen) atoms. The van der Waals surface area contributed by atoms with Crippen LogP contribution < -0.4 is 15.9 Å². The molecule has 0 fully saturated rings. The van der Waals surface area contributed by atoms with E-state index in [4.69, 9.17) is 9.96 Å². The number of benzene rings is 5. The van der Waals surface area contributed by atoms with E-state index in [1.54, 1.807) is 0 Å². The number of Topliss-reactive ketones (excluding diaryl/α,β-unsaturated/α-hetero) is 1. The van der Waals surface area contributed by atoms with Crippen molar-refractivity contribution in [1.29, 1.82) is 0 Å². The monoisotopic (exact) mass is 484 g/mol. The Morgan fingerprint density at radius 2 is 0.778 bits per heavy atom. The van der Waals surface area contributed by atoms with Gasteiger partial charge < -0.3 is 0 Å². The van der Waals surface area contributed by atoms with Crippen molar-refractivity contribution >= 4 is 34.5 Å². The Kier molecular flexibility index (Phi) is 7.12. The van der Waals surface area contributed by atoms with Crippen molar-refractivity contribution in [2.45, 2.75) is 0 Å². The molecule has 0 aliphatic heterocycles. The van der Waals surface area contributed by atoms with Gasteiger partial charge in [-0.15, -0.1) is 5.10 Å². The fourth-order valence-electron chi connectivity index (χ4n) is 4.20. The van der Waals surface area contributed by atoms with Gasteiger partial charge in [-0.3, -0.25) is 4.79 Å². The molecular formula is C32H25N2OP. The lowest BCUT2D eigenvalue weighted by molar-refractivity contribution is 0.106. The largest absolute Gasteiger partial charge is 0.287 e. The number of rotatable bonds is 7. The van der Waals surface area contributed by atoms with Crippen LogP contribution in [0, 0.1) is 0 Å². The maximum atomic E-state index is 13.7. The molecule has 0 aliphatic carbocycles. The molecular weight excluding hydrogens is 459 g/mol. The topological polar surface area (TPSA) is 41.8 Å². The third kappa shape index (κ3) is 4.75. The number of hydrogen-bond donors (Lipinski definition) is 0. The predicted octanol–water partition coefficient (Wildman–Crippen LogP) is 6.45. The SMILES string of the molecule is O=C(/C(=N\N=P(c1ccccc1)(c1ccccc1)c1ccccc1)c1ccccc1)c1ccccc1. The summed E-state index contributed by atoms with van der Waals surface area (Å²) in [5.74, 6) is -0.155. The van der Waals surface area contributed by atoms with Gasteiger partial charge in [-0.2, -0.15) is 4.85 Å². The molecule has 0 saturated heterocycles. The average Bonchev–Trinajstić information content (AvgIpc) is 2.97. The lowest BCUT2D eigenvalue weighted by Gasteiger charge is -2.25. The van der Waals surface area contributed by atoms with Gasteiger partial charge in [0.25, 0.3) is 0 Å². The Labute approximate surface area is 211 Å². The summed E-state index contributed by atoms with van der Waals surface area (Å²) in [5.41, 5.74) is 1.65. The molecule has 0 amide bonds. The molecule has 5 rings (SSSR count). The van der Waals surface area contributed by atoms with Crippen LogP contribution in [0.1, 0.15) is 15.9 Å². The minimum absolute atomic E-state index is 0.155. The molecule has 3 nitrogen and oxygen atoms in total. The highest BCUT2D eigenvalue weighted by Gasteiger charge is 2.28. The fraction of sp³-hybridized carbons (Fsp3) is 0. The Morgan fingerprint density at radius 3 is 1.17 bits per heavy atom. The van der Waals surface area contributed by atoms with Crippen molar-refractivity contribution in [3.63, 3.8) is 0 Å². The highest BCUT2D eigenvalue weighted by molar-refractivity contribution is 7.87. The summed E-state index contributed by atoms with van der Waals surface area (Å²) in [6, 6.07) is 49.7. The van der Waals surface area contributed by atoms with E-state index >= 15 is 0 Å². The van der Waals surface area contributed by atoms with Gasteiger partial charge >= 0.3 is 0 Å². The number of ketones is 1. The van der Waals surface area contributed by atoms with Crippen molar-refractivity contribution in [1.82, 2.24) is 0 Å². The van der Waals surface area contributed by atoms with E-state index in [0.29, 0.717) is 11.3 Å². The first kappa shape index (κ1) is 23.4. The first-order valence-electron chi connectivity index (χ1n) is 11.8. The lowest BCUT2D eigenvalue weighted by Crippen LogP contribution is -2.25. The van der Waals surface area contributed by atoms with Crippen molar-refractivity contribution in [3.05, 3.63) is 163 Å². The van der Waals surface area contributed by atoms with Crippen molar-refractivity contribution in [2.24, 2.45) is 9.96 Å². The lowest BCUT2D eigenvalue weighted by atomic mass is 10.0. The molecule has 5 aromatic rings. The molecule has 0 atom stereocenters. The molecule has 0 aliphatic rings. The minimum Gasteiger partial charge on any atom is -0.287 e. The quantitative estimate of drug-likeness (QED) is 0.113.